The first-order valence-electron chi connectivity index (χ1n) is 5.98. The van der Waals surface area contributed by atoms with E-state index in [1.807, 2.05) is 6.07 Å². The Morgan fingerprint density at radius 1 is 1.31 bits per heavy atom. The summed E-state index contributed by atoms with van der Waals surface area (Å²) in [6.07, 6.45) is 3.46. The zero-order valence-corrected chi connectivity index (χ0v) is 10.1. The van der Waals surface area contributed by atoms with Crippen LogP contribution in [0.4, 0.5) is 0 Å². The predicted octanol–water partition coefficient (Wildman–Crippen LogP) is 3.16. The van der Waals surface area contributed by atoms with E-state index in [-0.39, 0.29) is 5.92 Å². The maximum Gasteiger partial charge on any atom is 0.0409 e. The molecule has 16 heavy (non-hydrogen) atoms. The van der Waals surface area contributed by atoms with Gasteiger partial charge in [-0.2, -0.15) is 0 Å². The van der Waals surface area contributed by atoms with Crippen molar-refractivity contribution in [2.75, 3.05) is 13.1 Å². The third-order valence-electron chi connectivity index (χ3n) is 4.16. The number of halogens is 1. The fraction of sp³-hybridized carbons (Fsp3) is 0.500. The van der Waals surface area contributed by atoms with Gasteiger partial charge in [0.15, 0.2) is 0 Å². The van der Waals surface area contributed by atoms with Crippen molar-refractivity contribution in [2.24, 2.45) is 0 Å². The summed E-state index contributed by atoms with van der Waals surface area (Å²) < 4.78 is 0. The summed E-state index contributed by atoms with van der Waals surface area (Å²) in [5, 5.41) is 4.26. The molecule has 0 bridgehead atoms. The van der Waals surface area contributed by atoms with Gasteiger partial charge in [-0.25, -0.2) is 0 Å². The molecule has 1 N–H and O–H groups in total. The predicted molar refractivity (Wildman–Crippen MR) is 66.9 cm³/mol. The van der Waals surface area contributed by atoms with Crippen molar-refractivity contribution < 1.29 is 0 Å². The van der Waals surface area contributed by atoms with Crippen molar-refractivity contribution in [2.45, 2.75) is 30.6 Å². The van der Waals surface area contributed by atoms with Crippen molar-refractivity contribution in [1.29, 1.82) is 0 Å². The van der Waals surface area contributed by atoms with E-state index in [2.05, 4.69) is 17.4 Å². The first-order chi connectivity index (χ1) is 7.71. The minimum Gasteiger partial charge on any atom is -0.317 e. The van der Waals surface area contributed by atoms with Crippen molar-refractivity contribution in [3.05, 3.63) is 41.3 Å². The van der Waals surface area contributed by atoms with Crippen molar-refractivity contribution in [3.8, 4) is 0 Å². The highest BCUT2D eigenvalue weighted by molar-refractivity contribution is 6.30. The molecule has 2 heteroatoms. The normalized spacial score (nSPS) is 27.0. The fourth-order valence-electron chi connectivity index (χ4n) is 3.33. The minimum absolute atomic E-state index is 0.199. The zero-order chi connectivity index (χ0) is 11.2. The molecule has 1 nitrogen and oxygen atoms in total. The van der Waals surface area contributed by atoms with Gasteiger partial charge in [0, 0.05) is 5.02 Å². The van der Waals surface area contributed by atoms with Crippen LogP contribution in [-0.2, 0) is 5.41 Å². The lowest BCUT2D eigenvalue weighted by molar-refractivity contribution is 0.300. The van der Waals surface area contributed by atoms with Crippen molar-refractivity contribution in [1.82, 2.24) is 5.32 Å². The van der Waals surface area contributed by atoms with Gasteiger partial charge in [-0.1, -0.05) is 17.7 Å². The molecular formula is C14H16ClN. The van der Waals surface area contributed by atoms with Crippen LogP contribution in [0, 0.1) is 6.92 Å². The lowest BCUT2D eigenvalue weighted by atomic mass is 9.74. The third-order valence-corrected chi connectivity index (χ3v) is 4.39. The lowest BCUT2D eigenvalue weighted by Crippen LogP contribution is -2.38. The first-order valence-corrected chi connectivity index (χ1v) is 6.35. The Labute approximate surface area is 102 Å². The molecule has 1 aromatic carbocycles. The standard InChI is InChI=1S/C14H16ClN/c1-10-9-14(4-6-16-7-5-14)13-8-11(15)2-3-12(10)13/h1-3,8,10,16H,4-7,9H2. The summed E-state index contributed by atoms with van der Waals surface area (Å²) in [7, 11) is 0. The first kappa shape index (κ1) is 10.6. The van der Waals surface area contributed by atoms with Crippen LogP contribution in [0.1, 0.15) is 36.3 Å². The van der Waals surface area contributed by atoms with Crippen LogP contribution in [0.25, 0.3) is 0 Å². The number of rotatable bonds is 0. The molecule has 1 unspecified atom stereocenters. The Balaban J connectivity index is 2.09. The van der Waals surface area contributed by atoms with E-state index in [1.165, 1.54) is 24.0 Å². The number of hydrogen-bond donors (Lipinski definition) is 1. The van der Waals surface area contributed by atoms with Crippen LogP contribution in [-0.4, -0.2) is 13.1 Å². The van der Waals surface area contributed by atoms with Gasteiger partial charge in [0.25, 0.3) is 0 Å². The zero-order valence-electron chi connectivity index (χ0n) is 9.30. The van der Waals surface area contributed by atoms with Crippen LogP contribution >= 0.6 is 11.6 Å². The summed E-state index contributed by atoms with van der Waals surface area (Å²) in [4.78, 5) is 0. The molecule has 1 aromatic rings. The number of piperidine rings is 1. The number of fused-ring (bicyclic) bond motifs is 2. The van der Waals surface area contributed by atoms with Gasteiger partial charge in [0.05, 0.1) is 0 Å². The molecule has 2 aliphatic rings. The van der Waals surface area contributed by atoms with Gasteiger partial charge in [0.2, 0.25) is 0 Å². The van der Waals surface area contributed by atoms with E-state index < -0.39 is 0 Å². The largest absolute Gasteiger partial charge is 0.317 e. The lowest BCUT2D eigenvalue weighted by Gasteiger charge is -2.35. The molecular weight excluding hydrogens is 218 g/mol. The van der Waals surface area contributed by atoms with Crippen LogP contribution in [0.3, 0.4) is 0 Å². The van der Waals surface area contributed by atoms with Gasteiger partial charge < -0.3 is 5.32 Å². The van der Waals surface area contributed by atoms with Crippen LogP contribution in [0.2, 0.25) is 5.02 Å². The van der Waals surface area contributed by atoms with E-state index in [9.17, 15) is 0 Å². The molecule has 1 aliphatic carbocycles. The Bertz CT molecular complexity index is 407. The average Bonchev–Trinajstić information content (AvgIpc) is 2.53. The van der Waals surface area contributed by atoms with E-state index in [4.69, 9.17) is 18.5 Å². The maximum absolute atomic E-state index is 6.24. The highest BCUT2D eigenvalue weighted by Gasteiger charge is 2.42. The molecule has 0 aromatic heterocycles. The summed E-state index contributed by atoms with van der Waals surface area (Å²) in [6, 6.07) is 6.20. The van der Waals surface area contributed by atoms with Crippen molar-refractivity contribution in [3.63, 3.8) is 0 Å². The van der Waals surface area contributed by atoms with E-state index in [0.29, 0.717) is 5.41 Å². The van der Waals surface area contributed by atoms with Gasteiger partial charge in [-0.05, 0) is 73.9 Å². The van der Waals surface area contributed by atoms with E-state index in [1.54, 1.807) is 0 Å². The van der Waals surface area contributed by atoms with Gasteiger partial charge in [-0.15, -0.1) is 0 Å². The monoisotopic (exact) mass is 233 g/mol. The average molecular weight is 234 g/mol. The van der Waals surface area contributed by atoms with Crippen molar-refractivity contribution >= 4 is 11.6 Å². The summed E-state index contributed by atoms with van der Waals surface area (Å²) >= 11 is 6.12. The Morgan fingerprint density at radius 3 is 2.81 bits per heavy atom. The van der Waals surface area contributed by atoms with Crippen LogP contribution in [0.15, 0.2) is 18.2 Å². The topological polar surface area (TPSA) is 12.0 Å². The van der Waals surface area contributed by atoms with Crippen LogP contribution in [0.5, 0.6) is 0 Å². The van der Waals surface area contributed by atoms with Gasteiger partial charge >= 0.3 is 0 Å². The molecule has 2 radical (unpaired) electrons. The third kappa shape index (κ3) is 1.49. The highest BCUT2D eigenvalue weighted by Crippen LogP contribution is 2.51. The molecule has 1 aliphatic heterocycles. The summed E-state index contributed by atoms with van der Waals surface area (Å²) in [5.74, 6) is 0.199. The smallest absolute Gasteiger partial charge is 0.0409 e. The SMILES string of the molecule is [CH]C1CC2(CCNCC2)c2cc(Cl)ccc21. The number of nitrogens with one attached hydrogen (secondary N) is 1. The Hall–Kier alpha value is -0.530. The minimum atomic E-state index is 0.199. The second kappa shape index (κ2) is 3.75. The van der Waals surface area contributed by atoms with E-state index >= 15 is 0 Å². The number of benzene rings is 1. The maximum atomic E-state index is 6.24. The molecule has 0 amide bonds. The molecule has 1 spiro atoms. The molecule has 1 fully saturated rings. The summed E-state index contributed by atoms with van der Waals surface area (Å²) in [6.45, 7) is 8.43. The second-order valence-corrected chi connectivity index (χ2v) is 5.51. The fourth-order valence-corrected chi connectivity index (χ4v) is 3.50. The van der Waals surface area contributed by atoms with Gasteiger partial charge in [0.1, 0.15) is 0 Å². The Morgan fingerprint density at radius 2 is 2.06 bits per heavy atom. The summed E-state index contributed by atoms with van der Waals surface area (Å²) in [5.41, 5.74) is 3.02. The molecule has 1 atom stereocenters. The van der Waals surface area contributed by atoms with Crippen LogP contribution < -0.4 is 5.32 Å². The molecule has 0 saturated carbocycles. The van der Waals surface area contributed by atoms with E-state index in [0.717, 1.165) is 24.5 Å². The molecule has 1 saturated heterocycles. The number of hydrogen-bond acceptors (Lipinski definition) is 1. The molecule has 84 valence electrons. The molecule has 1 heterocycles. The van der Waals surface area contributed by atoms with Gasteiger partial charge in [-0.3, -0.25) is 0 Å². The second-order valence-electron chi connectivity index (χ2n) is 5.07. The molecule has 3 rings (SSSR count). The Kier molecular flexibility index (Phi) is 2.49. The quantitative estimate of drug-likeness (QED) is 0.726. The highest BCUT2D eigenvalue weighted by atomic mass is 35.5.